The van der Waals surface area contributed by atoms with Crippen LogP contribution in [0.5, 0.6) is 0 Å². The molecule has 0 aliphatic carbocycles. The third-order valence-electron chi connectivity index (χ3n) is 1.45. The summed E-state index contributed by atoms with van der Waals surface area (Å²) in [6, 6.07) is 0. The van der Waals surface area contributed by atoms with E-state index in [0.29, 0.717) is 6.61 Å². The zero-order valence-corrected chi connectivity index (χ0v) is 5.59. The molecule has 1 rings (SSSR count). The van der Waals surface area contributed by atoms with E-state index in [4.69, 9.17) is 4.74 Å². The number of halogens is 2. The molecule has 0 fully saturated rings. The molecule has 0 amide bonds. The molecule has 1 heterocycles. The Morgan fingerprint density at radius 1 is 1.50 bits per heavy atom. The SMILES string of the molecule is FC(F)[C@H]1C=CCCOC1. The number of rotatable bonds is 1. The van der Waals surface area contributed by atoms with Crippen LogP contribution in [-0.2, 0) is 4.74 Å². The highest BCUT2D eigenvalue weighted by Crippen LogP contribution is 2.14. The summed E-state index contributed by atoms with van der Waals surface area (Å²) in [5, 5.41) is 0. The van der Waals surface area contributed by atoms with Crippen molar-refractivity contribution < 1.29 is 13.5 Å². The Kier molecular flexibility index (Phi) is 2.81. The minimum absolute atomic E-state index is 0.161. The van der Waals surface area contributed by atoms with Crippen LogP contribution >= 0.6 is 0 Å². The standard InChI is InChI=1S/C7H10F2O/c8-7(9)6-3-1-2-4-10-5-6/h1,3,6-7H,2,4-5H2/t6-/m0/s1. The van der Waals surface area contributed by atoms with Crippen molar-refractivity contribution in [2.24, 2.45) is 5.92 Å². The lowest BCUT2D eigenvalue weighted by Crippen LogP contribution is -2.14. The van der Waals surface area contributed by atoms with Crippen LogP contribution in [0.1, 0.15) is 6.42 Å². The van der Waals surface area contributed by atoms with E-state index in [1.807, 2.05) is 0 Å². The van der Waals surface area contributed by atoms with Gasteiger partial charge in [0.15, 0.2) is 0 Å². The van der Waals surface area contributed by atoms with Crippen LogP contribution in [0, 0.1) is 5.92 Å². The summed E-state index contributed by atoms with van der Waals surface area (Å²) >= 11 is 0. The van der Waals surface area contributed by atoms with Crippen molar-refractivity contribution in [1.29, 1.82) is 0 Å². The van der Waals surface area contributed by atoms with Crippen molar-refractivity contribution in [2.45, 2.75) is 12.8 Å². The summed E-state index contributed by atoms with van der Waals surface area (Å²) in [5.41, 5.74) is 0. The molecule has 0 saturated heterocycles. The smallest absolute Gasteiger partial charge is 0.247 e. The first kappa shape index (κ1) is 7.66. The van der Waals surface area contributed by atoms with Gasteiger partial charge in [0.1, 0.15) is 0 Å². The van der Waals surface area contributed by atoms with Crippen molar-refractivity contribution in [3.8, 4) is 0 Å². The van der Waals surface area contributed by atoms with Crippen LogP contribution in [0.15, 0.2) is 12.2 Å². The maximum absolute atomic E-state index is 12.0. The molecule has 1 atom stereocenters. The molecular weight excluding hydrogens is 138 g/mol. The van der Waals surface area contributed by atoms with Gasteiger partial charge in [-0.3, -0.25) is 0 Å². The largest absolute Gasteiger partial charge is 0.380 e. The van der Waals surface area contributed by atoms with E-state index in [1.54, 1.807) is 6.08 Å². The van der Waals surface area contributed by atoms with Gasteiger partial charge < -0.3 is 4.74 Å². The molecule has 0 radical (unpaired) electrons. The summed E-state index contributed by atoms with van der Waals surface area (Å²) < 4.78 is 28.9. The predicted octanol–water partition coefficient (Wildman–Crippen LogP) is 1.84. The topological polar surface area (TPSA) is 9.23 Å². The van der Waals surface area contributed by atoms with Crippen LogP contribution in [0.4, 0.5) is 8.78 Å². The van der Waals surface area contributed by atoms with Crippen LogP contribution in [0.2, 0.25) is 0 Å². The Hall–Kier alpha value is -0.440. The van der Waals surface area contributed by atoms with Gasteiger partial charge in [-0.15, -0.1) is 0 Å². The predicted molar refractivity (Wildman–Crippen MR) is 34.1 cm³/mol. The van der Waals surface area contributed by atoms with Crippen molar-refractivity contribution >= 4 is 0 Å². The first-order chi connectivity index (χ1) is 4.80. The molecule has 0 spiro atoms. The van der Waals surface area contributed by atoms with E-state index in [-0.39, 0.29) is 6.61 Å². The molecule has 0 aromatic carbocycles. The molecule has 10 heavy (non-hydrogen) atoms. The first-order valence-corrected chi connectivity index (χ1v) is 3.33. The Morgan fingerprint density at radius 3 is 3.00 bits per heavy atom. The van der Waals surface area contributed by atoms with E-state index in [0.717, 1.165) is 6.42 Å². The number of ether oxygens (including phenoxy) is 1. The van der Waals surface area contributed by atoms with Crippen LogP contribution in [-0.4, -0.2) is 19.6 Å². The van der Waals surface area contributed by atoms with Gasteiger partial charge in [0.2, 0.25) is 6.43 Å². The van der Waals surface area contributed by atoms with Gasteiger partial charge in [-0.05, 0) is 6.42 Å². The summed E-state index contributed by atoms with van der Waals surface area (Å²) in [4.78, 5) is 0. The molecule has 58 valence electrons. The Morgan fingerprint density at radius 2 is 2.30 bits per heavy atom. The fourth-order valence-corrected chi connectivity index (χ4v) is 0.854. The van der Waals surface area contributed by atoms with Gasteiger partial charge in [-0.1, -0.05) is 12.2 Å². The highest BCUT2D eigenvalue weighted by atomic mass is 19.3. The molecule has 0 N–H and O–H groups in total. The third-order valence-corrected chi connectivity index (χ3v) is 1.45. The average Bonchev–Trinajstić information content (AvgIpc) is 2.12. The van der Waals surface area contributed by atoms with E-state index in [1.165, 1.54) is 6.08 Å². The van der Waals surface area contributed by atoms with Gasteiger partial charge >= 0.3 is 0 Å². The fraction of sp³-hybridized carbons (Fsp3) is 0.714. The van der Waals surface area contributed by atoms with Crippen molar-refractivity contribution in [2.75, 3.05) is 13.2 Å². The van der Waals surface area contributed by atoms with E-state index >= 15 is 0 Å². The molecule has 0 saturated carbocycles. The monoisotopic (exact) mass is 148 g/mol. The molecule has 3 heteroatoms. The minimum Gasteiger partial charge on any atom is -0.380 e. The molecule has 0 unspecified atom stereocenters. The zero-order chi connectivity index (χ0) is 7.40. The molecule has 0 aromatic rings. The lowest BCUT2D eigenvalue weighted by atomic mass is 10.1. The quantitative estimate of drug-likeness (QED) is 0.515. The van der Waals surface area contributed by atoms with Gasteiger partial charge in [0.05, 0.1) is 19.1 Å². The van der Waals surface area contributed by atoms with E-state index < -0.39 is 12.3 Å². The van der Waals surface area contributed by atoms with Crippen molar-refractivity contribution in [3.05, 3.63) is 12.2 Å². The second-order valence-corrected chi connectivity index (χ2v) is 2.29. The van der Waals surface area contributed by atoms with E-state index in [2.05, 4.69) is 0 Å². The maximum atomic E-state index is 12.0. The molecule has 1 nitrogen and oxygen atoms in total. The first-order valence-electron chi connectivity index (χ1n) is 3.33. The van der Waals surface area contributed by atoms with Crippen LogP contribution in [0.3, 0.4) is 0 Å². The molecule has 1 aliphatic rings. The minimum atomic E-state index is -2.28. The van der Waals surface area contributed by atoms with E-state index in [9.17, 15) is 8.78 Å². The van der Waals surface area contributed by atoms with Gasteiger partial charge in [-0.25, -0.2) is 8.78 Å². The fourth-order valence-electron chi connectivity index (χ4n) is 0.854. The average molecular weight is 148 g/mol. The lowest BCUT2D eigenvalue weighted by molar-refractivity contribution is 0.0359. The van der Waals surface area contributed by atoms with Crippen molar-refractivity contribution in [3.63, 3.8) is 0 Å². The molecule has 0 aromatic heterocycles. The zero-order valence-electron chi connectivity index (χ0n) is 5.59. The molecular formula is C7H10F2O. The van der Waals surface area contributed by atoms with Crippen LogP contribution in [0.25, 0.3) is 0 Å². The summed E-state index contributed by atoms with van der Waals surface area (Å²) in [7, 11) is 0. The summed E-state index contributed by atoms with van der Waals surface area (Å²) in [6.07, 6.45) is 1.76. The Balaban J connectivity index is 2.41. The second kappa shape index (κ2) is 3.66. The lowest BCUT2D eigenvalue weighted by Gasteiger charge is -2.08. The van der Waals surface area contributed by atoms with Crippen molar-refractivity contribution in [1.82, 2.24) is 0 Å². The number of hydrogen-bond acceptors (Lipinski definition) is 1. The molecule has 0 bridgehead atoms. The highest BCUT2D eigenvalue weighted by Gasteiger charge is 2.18. The second-order valence-electron chi connectivity index (χ2n) is 2.29. The van der Waals surface area contributed by atoms with Gasteiger partial charge in [0, 0.05) is 0 Å². The normalized spacial score (nSPS) is 26.9. The van der Waals surface area contributed by atoms with Gasteiger partial charge in [-0.2, -0.15) is 0 Å². The maximum Gasteiger partial charge on any atom is 0.247 e. The third kappa shape index (κ3) is 2.06. The Bertz CT molecular complexity index is 123. The van der Waals surface area contributed by atoms with Gasteiger partial charge in [0.25, 0.3) is 0 Å². The van der Waals surface area contributed by atoms with Crippen LogP contribution < -0.4 is 0 Å². The number of alkyl halides is 2. The highest BCUT2D eigenvalue weighted by molar-refractivity contribution is 4.91. The molecule has 1 aliphatic heterocycles. The summed E-state index contributed by atoms with van der Waals surface area (Å²) in [5.74, 6) is -0.692. The summed E-state index contributed by atoms with van der Waals surface area (Å²) in [6.45, 7) is 0.730. The number of hydrogen-bond donors (Lipinski definition) is 0. The Labute approximate surface area is 58.7 Å².